The quantitative estimate of drug-likeness (QED) is 0.557. The van der Waals surface area contributed by atoms with Gasteiger partial charge < -0.3 is 16.4 Å². The largest absolute Gasteiger partial charge is 0.382 e. The Morgan fingerprint density at radius 1 is 1.21 bits per heavy atom. The highest BCUT2D eigenvalue weighted by Gasteiger charge is 2.36. The van der Waals surface area contributed by atoms with Gasteiger partial charge in [0.15, 0.2) is 5.82 Å². The number of aromatic amines is 1. The number of nitrogens with one attached hydrogen (secondary N) is 3. The van der Waals surface area contributed by atoms with E-state index in [-0.39, 0.29) is 5.91 Å². The third-order valence-electron chi connectivity index (χ3n) is 4.71. The number of urea groups is 1. The second kappa shape index (κ2) is 6.76. The minimum Gasteiger partial charge on any atom is -0.382 e. The summed E-state index contributed by atoms with van der Waals surface area (Å²) in [6, 6.07) is 9.65. The molecule has 1 aliphatic rings. The predicted molar refractivity (Wildman–Crippen MR) is 103 cm³/mol. The molecule has 5 N–H and O–H groups in total. The molecule has 1 aliphatic heterocycles. The van der Waals surface area contributed by atoms with Crippen LogP contribution in [0.4, 0.5) is 20.7 Å². The summed E-state index contributed by atoms with van der Waals surface area (Å²) in [5.41, 5.74) is 8.09. The lowest BCUT2D eigenvalue weighted by Gasteiger charge is -2.30. The maximum atomic E-state index is 13.3. The van der Waals surface area contributed by atoms with Crippen LogP contribution in [0.25, 0.3) is 10.9 Å². The first-order valence-electron chi connectivity index (χ1n) is 8.58. The Morgan fingerprint density at radius 2 is 1.96 bits per heavy atom. The molecule has 1 aromatic heterocycles. The summed E-state index contributed by atoms with van der Waals surface area (Å²) in [5, 5.41) is 12.9. The molecule has 2 heterocycles. The van der Waals surface area contributed by atoms with Gasteiger partial charge in [0.2, 0.25) is 5.91 Å². The number of aromatic nitrogens is 2. The fourth-order valence-corrected chi connectivity index (χ4v) is 3.34. The molecule has 4 rings (SSSR count). The number of aliphatic imine (C=N–C) groups is 1. The number of benzene rings is 2. The molecule has 2 unspecified atom stereocenters. The minimum absolute atomic E-state index is 0.331. The number of fused-ring (bicyclic) bond motifs is 1. The summed E-state index contributed by atoms with van der Waals surface area (Å²) >= 11 is 0. The fourth-order valence-electron chi connectivity index (χ4n) is 3.34. The van der Waals surface area contributed by atoms with Crippen molar-refractivity contribution in [1.29, 1.82) is 0 Å². The van der Waals surface area contributed by atoms with Crippen LogP contribution in [0.1, 0.15) is 18.5 Å². The van der Waals surface area contributed by atoms with Gasteiger partial charge in [-0.25, -0.2) is 14.2 Å². The van der Waals surface area contributed by atoms with E-state index in [1.54, 1.807) is 25.1 Å². The lowest BCUT2D eigenvalue weighted by Crippen LogP contribution is -2.45. The molecule has 142 valence electrons. The highest BCUT2D eigenvalue weighted by atomic mass is 19.1. The van der Waals surface area contributed by atoms with Gasteiger partial charge in [-0.3, -0.25) is 9.89 Å². The molecular formula is C19H17FN6O2. The molecule has 28 heavy (non-hydrogen) atoms. The standard InChI is InChI=1S/C19H17FN6O2/c1-9-15(16(24-19(28)22-9)10-2-4-11(20)5-3-10)18(27)23-12-6-7-14-13(8-12)17(21)26-25-14/h2-8,15-16H,1H3,(H,23,27)(H,24,28)(H3,21,25,26). The van der Waals surface area contributed by atoms with Crippen LogP contribution < -0.4 is 16.4 Å². The van der Waals surface area contributed by atoms with Crippen LogP contribution in [0, 0.1) is 11.7 Å². The molecule has 0 radical (unpaired) electrons. The summed E-state index contributed by atoms with van der Waals surface area (Å²) in [5.74, 6) is -1.17. The second-order valence-corrected chi connectivity index (χ2v) is 6.57. The van der Waals surface area contributed by atoms with Gasteiger partial charge in [-0.15, -0.1) is 0 Å². The summed E-state index contributed by atoms with van der Waals surface area (Å²) in [6.45, 7) is 1.62. The molecule has 0 saturated heterocycles. The van der Waals surface area contributed by atoms with E-state index in [9.17, 15) is 14.0 Å². The maximum absolute atomic E-state index is 13.3. The number of nitrogens with two attached hydrogens (primary N) is 1. The van der Waals surface area contributed by atoms with Gasteiger partial charge >= 0.3 is 6.03 Å². The average Bonchev–Trinajstić information content (AvgIpc) is 3.02. The van der Waals surface area contributed by atoms with Crippen molar-refractivity contribution in [3.8, 4) is 0 Å². The van der Waals surface area contributed by atoms with Crippen molar-refractivity contribution in [2.45, 2.75) is 13.0 Å². The number of nitrogens with zero attached hydrogens (tertiary/aromatic N) is 2. The first kappa shape index (κ1) is 17.7. The smallest absolute Gasteiger partial charge is 0.341 e. The summed E-state index contributed by atoms with van der Waals surface area (Å²) in [4.78, 5) is 28.8. The number of halogens is 1. The molecule has 9 heteroatoms. The summed E-state index contributed by atoms with van der Waals surface area (Å²) in [6.07, 6.45) is 0. The van der Waals surface area contributed by atoms with Gasteiger partial charge in [0, 0.05) is 16.8 Å². The third-order valence-corrected chi connectivity index (χ3v) is 4.71. The Bertz CT molecular complexity index is 1110. The third kappa shape index (κ3) is 3.18. The van der Waals surface area contributed by atoms with Crippen molar-refractivity contribution in [1.82, 2.24) is 15.5 Å². The van der Waals surface area contributed by atoms with E-state index >= 15 is 0 Å². The normalized spacial score (nSPS) is 19.2. The molecular weight excluding hydrogens is 363 g/mol. The Balaban J connectivity index is 1.65. The minimum atomic E-state index is -0.749. The van der Waals surface area contributed by atoms with Crippen LogP contribution >= 0.6 is 0 Å². The number of amides is 3. The Labute approximate surface area is 159 Å². The van der Waals surface area contributed by atoms with Gasteiger partial charge in [0.1, 0.15) is 11.7 Å². The van der Waals surface area contributed by atoms with Crippen molar-refractivity contribution < 1.29 is 14.0 Å². The summed E-state index contributed by atoms with van der Waals surface area (Å²) < 4.78 is 13.3. The van der Waals surface area contributed by atoms with Crippen LogP contribution in [-0.2, 0) is 4.79 Å². The zero-order chi connectivity index (χ0) is 19.8. The SMILES string of the molecule is CC1=NC(=O)NC(c2ccc(F)cc2)C1C(=O)Nc1ccc2[nH]nc(N)c2c1. The first-order valence-corrected chi connectivity index (χ1v) is 8.58. The number of H-pyrrole nitrogens is 1. The average molecular weight is 380 g/mol. The van der Waals surface area contributed by atoms with Crippen LogP contribution in [0.3, 0.4) is 0 Å². The van der Waals surface area contributed by atoms with Crippen LogP contribution in [0.2, 0.25) is 0 Å². The molecule has 3 aromatic rings. The van der Waals surface area contributed by atoms with E-state index in [4.69, 9.17) is 5.73 Å². The van der Waals surface area contributed by atoms with Gasteiger partial charge in [-0.2, -0.15) is 5.10 Å². The predicted octanol–water partition coefficient (Wildman–Crippen LogP) is 2.76. The van der Waals surface area contributed by atoms with Crippen molar-refractivity contribution in [3.05, 3.63) is 53.8 Å². The molecule has 2 aromatic carbocycles. The molecule has 2 atom stereocenters. The van der Waals surface area contributed by atoms with Gasteiger partial charge in [-0.05, 0) is 42.8 Å². The number of carbonyl (C=O) groups is 2. The number of carbonyl (C=O) groups excluding carboxylic acids is 2. The van der Waals surface area contributed by atoms with Crippen molar-refractivity contribution in [2.24, 2.45) is 10.9 Å². The van der Waals surface area contributed by atoms with Gasteiger partial charge in [0.25, 0.3) is 0 Å². The van der Waals surface area contributed by atoms with E-state index in [0.717, 1.165) is 5.52 Å². The van der Waals surface area contributed by atoms with E-state index in [1.807, 2.05) is 0 Å². The fraction of sp³-hybridized carbons (Fsp3) is 0.158. The van der Waals surface area contributed by atoms with E-state index in [2.05, 4.69) is 25.8 Å². The van der Waals surface area contributed by atoms with Crippen molar-refractivity contribution >= 4 is 40.1 Å². The number of nitrogen functional groups attached to an aromatic ring is 1. The number of rotatable bonds is 3. The van der Waals surface area contributed by atoms with Crippen LogP contribution in [0.15, 0.2) is 47.5 Å². The lowest BCUT2D eigenvalue weighted by atomic mass is 9.87. The lowest BCUT2D eigenvalue weighted by molar-refractivity contribution is -0.118. The molecule has 0 aliphatic carbocycles. The topological polar surface area (TPSA) is 125 Å². The zero-order valence-corrected chi connectivity index (χ0v) is 14.9. The number of hydrogen-bond acceptors (Lipinski definition) is 4. The molecule has 3 amide bonds. The van der Waals surface area contributed by atoms with Gasteiger partial charge in [0.05, 0.1) is 11.6 Å². The number of hydrogen-bond donors (Lipinski definition) is 4. The van der Waals surface area contributed by atoms with Crippen LogP contribution in [0.5, 0.6) is 0 Å². The summed E-state index contributed by atoms with van der Waals surface area (Å²) in [7, 11) is 0. The Morgan fingerprint density at radius 3 is 2.71 bits per heavy atom. The zero-order valence-electron chi connectivity index (χ0n) is 14.9. The van der Waals surface area contributed by atoms with Crippen molar-refractivity contribution in [3.63, 3.8) is 0 Å². The van der Waals surface area contributed by atoms with Gasteiger partial charge in [-0.1, -0.05) is 12.1 Å². The molecule has 0 saturated carbocycles. The van der Waals surface area contributed by atoms with Crippen molar-refractivity contribution in [2.75, 3.05) is 11.1 Å². The van der Waals surface area contributed by atoms with E-state index in [1.165, 1.54) is 24.3 Å². The Hall–Kier alpha value is -3.75. The molecule has 0 fully saturated rings. The van der Waals surface area contributed by atoms with Crippen LogP contribution in [-0.4, -0.2) is 27.8 Å². The monoisotopic (exact) mass is 380 g/mol. The highest BCUT2D eigenvalue weighted by Crippen LogP contribution is 2.29. The molecule has 8 nitrogen and oxygen atoms in total. The molecule has 0 bridgehead atoms. The highest BCUT2D eigenvalue weighted by molar-refractivity contribution is 6.13. The first-order chi connectivity index (χ1) is 13.4. The maximum Gasteiger partial charge on any atom is 0.341 e. The Kier molecular flexibility index (Phi) is 4.26. The molecule has 0 spiro atoms. The number of anilines is 2. The second-order valence-electron chi connectivity index (χ2n) is 6.57. The van der Waals surface area contributed by atoms with E-state index < -0.39 is 23.8 Å². The van der Waals surface area contributed by atoms with E-state index in [0.29, 0.717) is 28.2 Å².